The van der Waals surface area contributed by atoms with E-state index < -0.39 is 12.5 Å². The van der Waals surface area contributed by atoms with Crippen LogP contribution in [-0.4, -0.2) is 67.1 Å². The second-order valence-corrected chi connectivity index (χ2v) is 8.52. The molecule has 5 heteroatoms. The van der Waals surface area contributed by atoms with Crippen molar-refractivity contribution in [1.29, 1.82) is 0 Å². The quantitative estimate of drug-likeness (QED) is 0.767. The molecule has 2 aliphatic rings. The predicted octanol–water partition coefficient (Wildman–Crippen LogP) is 3.91. The first-order chi connectivity index (χ1) is 14.1. The van der Waals surface area contributed by atoms with E-state index in [0.717, 1.165) is 63.1 Å². The Morgan fingerprint density at radius 1 is 1.03 bits per heavy atom. The van der Waals surface area contributed by atoms with Gasteiger partial charge in [-0.25, -0.2) is 4.39 Å². The van der Waals surface area contributed by atoms with Gasteiger partial charge in [0.1, 0.15) is 5.75 Å². The van der Waals surface area contributed by atoms with Gasteiger partial charge in [0.15, 0.2) is 0 Å². The van der Waals surface area contributed by atoms with E-state index in [1.807, 2.05) is 18.2 Å². The van der Waals surface area contributed by atoms with Crippen molar-refractivity contribution in [2.45, 2.75) is 30.8 Å². The molecule has 0 bridgehead atoms. The summed E-state index contributed by atoms with van der Waals surface area (Å²) in [6.45, 7) is 4.37. The molecule has 1 atom stereocenters. The number of aliphatic hydroxyl groups is 1. The number of hydrogen-bond donors (Lipinski definition) is 1. The Morgan fingerprint density at radius 3 is 2.38 bits per heavy atom. The maximum Gasteiger partial charge on any atom is 0.228 e. The summed E-state index contributed by atoms with van der Waals surface area (Å²) in [6.07, 6.45) is 2.88. The van der Waals surface area contributed by atoms with Crippen LogP contribution in [0.2, 0.25) is 0 Å². The number of ether oxygens (including phenoxy) is 1. The number of piperazine rings is 1. The zero-order valence-electron chi connectivity index (χ0n) is 17.2. The minimum atomic E-state index is -0.824. The molecule has 1 heterocycles. The first-order valence-corrected chi connectivity index (χ1v) is 10.6. The van der Waals surface area contributed by atoms with Crippen LogP contribution in [0.5, 0.6) is 5.75 Å². The fourth-order valence-corrected chi connectivity index (χ4v) is 4.50. The molecular weight excluding hydrogens is 367 g/mol. The first kappa shape index (κ1) is 20.3. The average molecular weight is 399 g/mol. The van der Waals surface area contributed by atoms with E-state index >= 15 is 0 Å². The van der Waals surface area contributed by atoms with E-state index in [2.05, 4.69) is 41.1 Å². The smallest absolute Gasteiger partial charge is 0.228 e. The van der Waals surface area contributed by atoms with Crippen molar-refractivity contribution in [3.63, 3.8) is 0 Å². The molecule has 1 saturated carbocycles. The van der Waals surface area contributed by atoms with Gasteiger partial charge in [0.25, 0.3) is 0 Å². The van der Waals surface area contributed by atoms with Crippen LogP contribution < -0.4 is 4.74 Å². The number of halogens is 1. The summed E-state index contributed by atoms with van der Waals surface area (Å²) in [5.74, 6) is 0.667. The molecule has 156 valence electrons. The largest absolute Gasteiger partial charge is 0.463 e. The molecule has 1 unspecified atom stereocenters. The van der Waals surface area contributed by atoms with Crippen LogP contribution in [-0.2, 0) is 0 Å². The molecule has 4 nitrogen and oxygen atoms in total. The van der Waals surface area contributed by atoms with Crippen LogP contribution in [0, 0.1) is 0 Å². The van der Waals surface area contributed by atoms with Gasteiger partial charge in [-0.1, -0.05) is 36.4 Å². The van der Waals surface area contributed by atoms with Crippen molar-refractivity contribution >= 4 is 0 Å². The number of benzene rings is 2. The first-order valence-electron chi connectivity index (χ1n) is 10.6. The van der Waals surface area contributed by atoms with Gasteiger partial charge in [-0.3, -0.25) is 0 Å². The second-order valence-electron chi connectivity index (χ2n) is 8.52. The fourth-order valence-electron chi connectivity index (χ4n) is 4.50. The number of nitrogens with zero attached hydrogens (tertiary/aromatic N) is 2. The summed E-state index contributed by atoms with van der Waals surface area (Å²) in [5, 5.41) is 11.2. The highest BCUT2D eigenvalue weighted by Gasteiger charge is 2.43. The summed E-state index contributed by atoms with van der Waals surface area (Å²) in [5.41, 5.74) is 2.68. The molecule has 2 aromatic rings. The number of likely N-dealkylation sites (N-methyl/N-ethyl adjacent to an activating group) is 1. The summed E-state index contributed by atoms with van der Waals surface area (Å²) in [7, 11) is 2.17. The third-order valence-corrected chi connectivity index (χ3v) is 6.61. The Hall–Kier alpha value is -1.95. The highest BCUT2D eigenvalue weighted by atomic mass is 19.1. The molecule has 1 aliphatic carbocycles. The van der Waals surface area contributed by atoms with Crippen LogP contribution in [0.1, 0.15) is 30.7 Å². The summed E-state index contributed by atoms with van der Waals surface area (Å²) in [6, 6.07) is 16.0. The molecule has 1 saturated heterocycles. The Labute approximate surface area is 172 Å². The lowest BCUT2D eigenvalue weighted by molar-refractivity contribution is -0.0665. The minimum absolute atomic E-state index is 0.134. The van der Waals surface area contributed by atoms with Crippen LogP contribution >= 0.6 is 0 Å². The van der Waals surface area contributed by atoms with Crippen LogP contribution in [0.4, 0.5) is 4.39 Å². The van der Waals surface area contributed by atoms with Crippen LogP contribution in [0.25, 0.3) is 11.1 Å². The molecule has 2 fully saturated rings. The van der Waals surface area contributed by atoms with E-state index in [4.69, 9.17) is 4.74 Å². The summed E-state index contributed by atoms with van der Waals surface area (Å²) in [4.78, 5) is 4.85. The maximum atomic E-state index is 12.5. The SMILES string of the molecule is CN1CCN(CC(c2ccc(-c3cccc(OCF)c3)cc2)C2(O)CCC2)CC1. The van der Waals surface area contributed by atoms with E-state index in [-0.39, 0.29) is 5.92 Å². The van der Waals surface area contributed by atoms with Gasteiger partial charge in [0.2, 0.25) is 6.86 Å². The topological polar surface area (TPSA) is 35.9 Å². The van der Waals surface area contributed by atoms with Gasteiger partial charge in [-0.05, 0) is 55.1 Å². The zero-order valence-corrected chi connectivity index (χ0v) is 17.2. The standard InChI is InChI=1S/C24H31FN2O2/c1-26-12-14-27(15-13-26)17-23(24(28)10-3-11-24)20-8-6-19(7-9-20)21-4-2-5-22(16-21)29-18-25/h2,4-9,16,23,28H,3,10-15,17-18H2,1H3. The highest BCUT2D eigenvalue weighted by Crippen LogP contribution is 2.44. The third-order valence-electron chi connectivity index (χ3n) is 6.61. The Balaban J connectivity index is 1.53. The van der Waals surface area contributed by atoms with Gasteiger partial charge in [0.05, 0.1) is 5.60 Å². The molecule has 1 aliphatic heterocycles. The van der Waals surface area contributed by atoms with Crippen molar-refractivity contribution in [2.75, 3.05) is 46.6 Å². The molecule has 1 N–H and O–H groups in total. The Kier molecular flexibility index (Phi) is 6.18. The lowest BCUT2D eigenvalue weighted by Gasteiger charge is -2.46. The van der Waals surface area contributed by atoms with Gasteiger partial charge < -0.3 is 19.6 Å². The maximum absolute atomic E-state index is 12.5. The molecule has 0 aromatic heterocycles. The van der Waals surface area contributed by atoms with Crippen molar-refractivity contribution in [1.82, 2.24) is 9.80 Å². The molecule has 4 rings (SSSR count). The van der Waals surface area contributed by atoms with Gasteiger partial charge in [0, 0.05) is 38.6 Å². The molecule has 0 spiro atoms. The van der Waals surface area contributed by atoms with Crippen molar-refractivity contribution in [2.24, 2.45) is 0 Å². The fraction of sp³-hybridized carbons (Fsp3) is 0.500. The molecule has 2 aromatic carbocycles. The highest BCUT2D eigenvalue weighted by molar-refractivity contribution is 5.65. The van der Waals surface area contributed by atoms with E-state index in [1.54, 1.807) is 6.07 Å². The van der Waals surface area contributed by atoms with Crippen molar-refractivity contribution in [3.8, 4) is 16.9 Å². The molecule has 0 radical (unpaired) electrons. The third kappa shape index (κ3) is 4.63. The van der Waals surface area contributed by atoms with Gasteiger partial charge in [-0.15, -0.1) is 0 Å². The van der Waals surface area contributed by atoms with Gasteiger partial charge >= 0.3 is 0 Å². The van der Waals surface area contributed by atoms with E-state index in [9.17, 15) is 9.50 Å². The lowest BCUT2D eigenvalue weighted by atomic mass is 9.68. The minimum Gasteiger partial charge on any atom is -0.463 e. The van der Waals surface area contributed by atoms with Crippen molar-refractivity contribution in [3.05, 3.63) is 54.1 Å². The van der Waals surface area contributed by atoms with Crippen LogP contribution in [0.15, 0.2) is 48.5 Å². The molecular formula is C24H31FN2O2. The van der Waals surface area contributed by atoms with E-state index in [0.29, 0.717) is 5.75 Å². The molecule has 0 amide bonds. The lowest BCUT2D eigenvalue weighted by Crippen LogP contribution is -2.51. The van der Waals surface area contributed by atoms with Gasteiger partial charge in [-0.2, -0.15) is 0 Å². The number of alkyl halides is 1. The summed E-state index contributed by atoms with van der Waals surface area (Å²) < 4.78 is 17.4. The number of hydrogen-bond acceptors (Lipinski definition) is 4. The zero-order chi connectivity index (χ0) is 20.3. The van der Waals surface area contributed by atoms with E-state index in [1.165, 1.54) is 5.56 Å². The Bertz CT molecular complexity index is 799. The van der Waals surface area contributed by atoms with Crippen molar-refractivity contribution < 1.29 is 14.2 Å². The monoisotopic (exact) mass is 398 g/mol. The molecule has 29 heavy (non-hydrogen) atoms. The second kappa shape index (κ2) is 8.82. The average Bonchev–Trinajstić information content (AvgIpc) is 2.72. The number of rotatable bonds is 7. The normalized spacial score (nSPS) is 20.8. The predicted molar refractivity (Wildman–Crippen MR) is 114 cm³/mol. The summed E-state index contributed by atoms with van der Waals surface area (Å²) >= 11 is 0. The Morgan fingerprint density at radius 2 is 1.76 bits per heavy atom. The van der Waals surface area contributed by atoms with Crippen LogP contribution in [0.3, 0.4) is 0 Å².